The van der Waals surface area contributed by atoms with Gasteiger partial charge in [-0.15, -0.1) is 0 Å². The lowest BCUT2D eigenvalue weighted by molar-refractivity contribution is -0.142. The highest BCUT2D eigenvalue weighted by Crippen LogP contribution is 2.29. The molecule has 0 aromatic carbocycles. The second-order valence-electron chi connectivity index (χ2n) is 4.87. The molecule has 0 aliphatic carbocycles. The van der Waals surface area contributed by atoms with Gasteiger partial charge in [0.15, 0.2) is 0 Å². The van der Waals surface area contributed by atoms with Crippen molar-refractivity contribution in [3.63, 3.8) is 0 Å². The highest BCUT2D eigenvalue weighted by Gasteiger charge is 2.38. The van der Waals surface area contributed by atoms with Crippen molar-refractivity contribution in [2.45, 2.75) is 31.9 Å². The number of carbonyl (C=O) groups is 1. The molecule has 1 unspecified atom stereocenters. The molecular formula is C13H19NO3. The first-order valence-corrected chi connectivity index (χ1v) is 5.99. The Morgan fingerprint density at radius 1 is 1.71 bits per heavy atom. The van der Waals surface area contributed by atoms with E-state index in [1.54, 1.807) is 6.92 Å². The summed E-state index contributed by atoms with van der Waals surface area (Å²) >= 11 is 0. The van der Waals surface area contributed by atoms with E-state index in [1.165, 1.54) is 0 Å². The number of esters is 1. The van der Waals surface area contributed by atoms with Gasteiger partial charge in [-0.3, -0.25) is 9.69 Å². The summed E-state index contributed by atoms with van der Waals surface area (Å²) in [6.45, 7) is 7.55. The molecule has 0 saturated carbocycles. The number of carbonyl (C=O) groups excluding carboxylic acids is 1. The number of fused-ring (bicyclic) bond motifs is 1. The van der Waals surface area contributed by atoms with Gasteiger partial charge in [-0.25, -0.2) is 0 Å². The third-order valence-electron chi connectivity index (χ3n) is 3.28. The molecule has 0 amide bonds. The average molecular weight is 237 g/mol. The van der Waals surface area contributed by atoms with Crippen LogP contribution in [0.25, 0.3) is 0 Å². The minimum atomic E-state index is -0.316. The third-order valence-corrected chi connectivity index (χ3v) is 3.28. The normalized spacial score (nSPS) is 27.8. The predicted octanol–water partition coefficient (Wildman–Crippen LogP) is 0.871. The zero-order valence-electron chi connectivity index (χ0n) is 10.2. The van der Waals surface area contributed by atoms with Crippen molar-refractivity contribution < 1.29 is 14.6 Å². The zero-order valence-corrected chi connectivity index (χ0v) is 10.2. The van der Waals surface area contributed by atoms with Gasteiger partial charge in [-0.2, -0.15) is 0 Å². The van der Waals surface area contributed by atoms with Gasteiger partial charge >= 0.3 is 5.97 Å². The van der Waals surface area contributed by atoms with Crippen molar-refractivity contribution in [1.82, 2.24) is 4.90 Å². The maximum absolute atomic E-state index is 11.4. The van der Waals surface area contributed by atoms with Crippen LogP contribution in [0.15, 0.2) is 23.8 Å². The van der Waals surface area contributed by atoms with E-state index < -0.39 is 0 Å². The largest absolute Gasteiger partial charge is 0.461 e. The third kappa shape index (κ3) is 2.76. The Morgan fingerprint density at radius 3 is 3.18 bits per heavy atom. The van der Waals surface area contributed by atoms with Crippen molar-refractivity contribution in [2.24, 2.45) is 0 Å². The van der Waals surface area contributed by atoms with E-state index in [-0.39, 0.29) is 24.5 Å². The molecule has 0 aromatic heterocycles. The van der Waals surface area contributed by atoms with Crippen LogP contribution in [-0.2, 0) is 9.53 Å². The van der Waals surface area contributed by atoms with Crippen molar-refractivity contribution in [1.29, 1.82) is 0 Å². The Balaban J connectivity index is 1.84. The molecule has 4 nitrogen and oxygen atoms in total. The van der Waals surface area contributed by atoms with E-state index in [9.17, 15) is 9.90 Å². The van der Waals surface area contributed by atoms with Gasteiger partial charge in [0.1, 0.15) is 6.61 Å². The van der Waals surface area contributed by atoms with E-state index in [4.69, 9.17) is 4.74 Å². The zero-order chi connectivity index (χ0) is 12.4. The number of ether oxygens (including phenoxy) is 1. The fourth-order valence-electron chi connectivity index (χ4n) is 2.49. The Hall–Kier alpha value is -1.13. The summed E-state index contributed by atoms with van der Waals surface area (Å²) in [4.78, 5) is 13.6. The summed E-state index contributed by atoms with van der Waals surface area (Å²) in [7, 11) is 0. The Morgan fingerprint density at radius 2 is 2.47 bits per heavy atom. The summed E-state index contributed by atoms with van der Waals surface area (Å²) in [5, 5.41) is 9.84. The van der Waals surface area contributed by atoms with Crippen LogP contribution in [0.3, 0.4) is 0 Å². The molecule has 4 heteroatoms. The van der Waals surface area contributed by atoms with Crippen LogP contribution in [0, 0.1) is 0 Å². The first-order valence-electron chi connectivity index (χ1n) is 5.99. The van der Waals surface area contributed by atoms with Gasteiger partial charge < -0.3 is 9.84 Å². The molecule has 1 saturated heterocycles. The molecule has 17 heavy (non-hydrogen) atoms. The lowest BCUT2D eigenvalue weighted by Crippen LogP contribution is -2.33. The minimum Gasteiger partial charge on any atom is -0.461 e. The van der Waals surface area contributed by atoms with E-state index in [0.717, 1.165) is 30.7 Å². The van der Waals surface area contributed by atoms with Gasteiger partial charge in [0.05, 0.1) is 18.6 Å². The summed E-state index contributed by atoms with van der Waals surface area (Å²) in [5.41, 5.74) is 1.84. The monoisotopic (exact) mass is 237 g/mol. The molecule has 94 valence electrons. The summed E-state index contributed by atoms with van der Waals surface area (Å²) in [6, 6.07) is 0.0626. The first kappa shape index (κ1) is 12.3. The maximum Gasteiger partial charge on any atom is 0.310 e. The van der Waals surface area contributed by atoms with Gasteiger partial charge in [-0.05, 0) is 18.9 Å². The fourth-order valence-corrected chi connectivity index (χ4v) is 2.49. The number of aliphatic hydroxyl groups is 1. The molecule has 1 N–H and O–H groups in total. The standard InChI is InChI=1S/C13H19NO3/c1-9(2)7-12(16)17-8-10-3-5-14-6-4-11(15)13(10)14/h3,11,13,15H,1,4-8H2,2H3/t11-,13?/m1/s1. The molecule has 2 aliphatic rings. The number of rotatable bonds is 4. The van der Waals surface area contributed by atoms with E-state index in [0.29, 0.717) is 6.61 Å². The lowest BCUT2D eigenvalue weighted by atomic mass is 10.1. The molecule has 0 aromatic rings. The molecule has 2 aliphatic heterocycles. The lowest BCUT2D eigenvalue weighted by Gasteiger charge is -2.20. The van der Waals surface area contributed by atoms with E-state index >= 15 is 0 Å². The van der Waals surface area contributed by atoms with Crippen molar-refractivity contribution >= 4 is 5.97 Å². The van der Waals surface area contributed by atoms with Crippen LogP contribution < -0.4 is 0 Å². The average Bonchev–Trinajstić information content (AvgIpc) is 2.79. The molecule has 1 fully saturated rings. The first-order chi connectivity index (χ1) is 8.08. The molecule has 0 bridgehead atoms. The Kier molecular flexibility index (Phi) is 3.64. The number of aliphatic hydroxyl groups excluding tert-OH is 1. The molecular weight excluding hydrogens is 218 g/mol. The highest BCUT2D eigenvalue weighted by atomic mass is 16.5. The minimum absolute atomic E-state index is 0.0626. The number of nitrogens with zero attached hydrogens (tertiary/aromatic N) is 1. The molecule has 0 radical (unpaired) electrons. The highest BCUT2D eigenvalue weighted by molar-refractivity contribution is 5.72. The molecule has 2 atom stereocenters. The fraction of sp³-hybridized carbons (Fsp3) is 0.615. The predicted molar refractivity (Wildman–Crippen MR) is 64.5 cm³/mol. The van der Waals surface area contributed by atoms with Crippen LogP contribution in [0.5, 0.6) is 0 Å². The molecule has 2 heterocycles. The smallest absolute Gasteiger partial charge is 0.310 e. The second-order valence-corrected chi connectivity index (χ2v) is 4.87. The van der Waals surface area contributed by atoms with Gasteiger partial charge in [0, 0.05) is 13.1 Å². The van der Waals surface area contributed by atoms with Gasteiger partial charge in [0.2, 0.25) is 0 Å². The van der Waals surface area contributed by atoms with Crippen molar-refractivity contribution in [2.75, 3.05) is 19.7 Å². The van der Waals surface area contributed by atoms with Crippen LogP contribution in [0.2, 0.25) is 0 Å². The van der Waals surface area contributed by atoms with Crippen molar-refractivity contribution in [3.05, 3.63) is 23.8 Å². The van der Waals surface area contributed by atoms with Crippen LogP contribution >= 0.6 is 0 Å². The number of hydrogen-bond acceptors (Lipinski definition) is 4. The number of hydrogen-bond donors (Lipinski definition) is 1. The van der Waals surface area contributed by atoms with Gasteiger partial charge in [0.25, 0.3) is 0 Å². The maximum atomic E-state index is 11.4. The van der Waals surface area contributed by atoms with E-state index in [2.05, 4.69) is 17.6 Å². The second kappa shape index (κ2) is 5.02. The van der Waals surface area contributed by atoms with Crippen LogP contribution in [0.1, 0.15) is 19.8 Å². The Bertz CT molecular complexity index is 362. The van der Waals surface area contributed by atoms with Crippen LogP contribution in [0.4, 0.5) is 0 Å². The van der Waals surface area contributed by atoms with E-state index in [1.807, 2.05) is 0 Å². The summed E-state index contributed by atoms with van der Waals surface area (Å²) < 4.78 is 5.19. The van der Waals surface area contributed by atoms with Gasteiger partial charge in [-0.1, -0.05) is 18.2 Å². The Labute approximate surface area is 102 Å². The summed E-state index contributed by atoms with van der Waals surface area (Å²) in [6.07, 6.45) is 2.82. The SMILES string of the molecule is C=C(C)CC(=O)OCC1=CCN2CC[C@@H](O)C12. The topological polar surface area (TPSA) is 49.8 Å². The quantitative estimate of drug-likeness (QED) is 0.582. The van der Waals surface area contributed by atoms with Crippen molar-refractivity contribution in [3.8, 4) is 0 Å². The molecule has 2 rings (SSSR count). The summed E-state index contributed by atoms with van der Waals surface area (Å²) in [5.74, 6) is -0.246. The van der Waals surface area contributed by atoms with Crippen LogP contribution in [-0.4, -0.2) is 47.8 Å². The molecule has 0 spiro atoms.